The molecule has 9 nitrogen and oxygen atoms in total. The molecule has 0 aromatic carbocycles. The topological polar surface area (TPSA) is 92.7 Å². The van der Waals surface area contributed by atoms with Gasteiger partial charge in [-0.05, 0) is 32.9 Å². The zero-order valence-electron chi connectivity index (χ0n) is 16.6. The van der Waals surface area contributed by atoms with Crippen LogP contribution in [0, 0.1) is 6.92 Å². The van der Waals surface area contributed by atoms with E-state index in [0.29, 0.717) is 35.0 Å². The molecule has 4 aromatic heterocycles. The van der Waals surface area contributed by atoms with Gasteiger partial charge in [-0.3, -0.25) is 9.20 Å². The van der Waals surface area contributed by atoms with Crippen molar-refractivity contribution in [3.8, 4) is 11.3 Å². The van der Waals surface area contributed by atoms with E-state index in [9.17, 15) is 4.79 Å². The molecule has 1 saturated heterocycles. The van der Waals surface area contributed by atoms with Crippen molar-refractivity contribution < 1.29 is 0 Å². The van der Waals surface area contributed by atoms with Crippen LogP contribution in [0.2, 0.25) is 0 Å². The number of piperazine rings is 1. The first-order valence-electron chi connectivity index (χ1n) is 9.70. The molecule has 5 rings (SSSR count). The predicted molar refractivity (Wildman–Crippen MR) is 110 cm³/mol. The van der Waals surface area contributed by atoms with Crippen LogP contribution in [0.1, 0.15) is 19.7 Å². The molecule has 9 heteroatoms. The number of nitrogens with zero attached hydrogens (tertiary/aromatic N) is 7. The number of fused-ring (bicyclic) bond motifs is 2. The van der Waals surface area contributed by atoms with Gasteiger partial charge in [-0.1, -0.05) is 0 Å². The van der Waals surface area contributed by atoms with E-state index in [2.05, 4.69) is 44.1 Å². The highest BCUT2D eigenvalue weighted by atomic mass is 16.1. The Labute approximate surface area is 167 Å². The van der Waals surface area contributed by atoms with Gasteiger partial charge in [0, 0.05) is 55.4 Å². The summed E-state index contributed by atoms with van der Waals surface area (Å²) < 4.78 is 3.20. The maximum atomic E-state index is 12.8. The standard InChI is InChI=1S/C20H22N8O/c1-12-8-26(9-13(2)22-12)16-4-5-18-24-17(6-19(29)27(18)11-16)15-7-21-20-23-14(3)25-28(20)10-15/h4-7,10-13,22H,8-9H2,1-3H3/t12-,13-/m0/s1. The third-order valence-electron chi connectivity index (χ3n) is 5.16. The van der Waals surface area contributed by atoms with E-state index in [1.54, 1.807) is 21.3 Å². The van der Waals surface area contributed by atoms with E-state index in [1.807, 2.05) is 25.3 Å². The normalized spacial score (nSPS) is 19.9. The van der Waals surface area contributed by atoms with Gasteiger partial charge in [0.05, 0.1) is 11.4 Å². The molecule has 1 N–H and O–H groups in total. The van der Waals surface area contributed by atoms with Crippen LogP contribution in [0.25, 0.3) is 22.7 Å². The number of hydrogen-bond acceptors (Lipinski definition) is 7. The van der Waals surface area contributed by atoms with Gasteiger partial charge >= 0.3 is 0 Å². The van der Waals surface area contributed by atoms with E-state index in [-0.39, 0.29) is 5.56 Å². The number of rotatable bonds is 2. The molecule has 0 unspecified atom stereocenters. The van der Waals surface area contributed by atoms with E-state index < -0.39 is 0 Å². The molecule has 1 fully saturated rings. The lowest BCUT2D eigenvalue weighted by molar-refractivity contribution is 0.407. The van der Waals surface area contributed by atoms with Crippen molar-refractivity contribution in [3.63, 3.8) is 0 Å². The van der Waals surface area contributed by atoms with Crippen molar-refractivity contribution in [3.05, 3.63) is 53.0 Å². The third-order valence-corrected chi connectivity index (χ3v) is 5.16. The number of anilines is 1. The van der Waals surface area contributed by atoms with Gasteiger partial charge in [0.25, 0.3) is 11.3 Å². The van der Waals surface area contributed by atoms with E-state index in [1.165, 1.54) is 6.07 Å². The van der Waals surface area contributed by atoms with E-state index in [4.69, 9.17) is 0 Å². The first kappa shape index (κ1) is 17.7. The summed E-state index contributed by atoms with van der Waals surface area (Å²) in [4.78, 5) is 28.3. The van der Waals surface area contributed by atoms with Crippen molar-refractivity contribution in [2.75, 3.05) is 18.0 Å². The van der Waals surface area contributed by atoms with Gasteiger partial charge in [0.15, 0.2) is 0 Å². The summed E-state index contributed by atoms with van der Waals surface area (Å²) in [6.07, 6.45) is 5.33. The van der Waals surface area contributed by atoms with Crippen molar-refractivity contribution in [2.45, 2.75) is 32.9 Å². The first-order valence-corrected chi connectivity index (χ1v) is 9.70. The second-order valence-electron chi connectivity index (χ2n) is 7.72. The second-order valence-corrected chi connectivity index (χ2v) is 7.72. The highest BCUT2D eigenvalue weighted by Gasteiger charge is 2.21. The van der Waals surface area contributed by atoms with Crippen LogP contribution in [0.4, 0.5) is 5.69 Å². The Morgan fingerprint density at radius 1 is 1.10 bits per heavy atom. The smallest absolute Gasteiger partial charge is 0.258 e. The lowest BCUT2D eigenvalue weighted by Gasteiger charge is -2.37. The minimum Gasteiger partial charge on any atom is -0.367 e. The second kappa shape index (κ2) is 6.63. The van der Waals surface area contributed by atoms with E-state index in [0.717, 1.165) is 24.3 Å². The molecule has 1 aliphatic rings. The van der Waals surface area contributed by atoms with Gasteiger partial charge in [-0.2, -0.15) is 10.1 Å². The minimum atomic E-state index is -0.127. The molecule has 148 valence electrons. The lowest BCUT2D eigenvalue weighted by atomic mass is 10.1. The third kappa shape index (κ3) is 3.23. The number of aryl methyl sites for hydroxylation is 1. The average Bonchev–Trinajstić information content (AvgIpc) is 3.06. The predicted octanol–water partition coefficient (Wildman–Crippen LogP) is 1.29. The van der Waals surface area contributed by atoms with Gasteiger partial charge in [-0.15, -0.1) is 0 Å². The van der Waals surface area contributed by atoms with Crippen LogP contribution in [0.15, 0.2) is 41.6 Å². The Morgan fingerprint density at radius 2 is 1.90 bits per heavy atom. The summed E-state index contributed by atoms with van der Waals surface area (Å²) in [5.74, 6) is 1.16. The molecule has 4 aromatic rings. The zero-order valence-corrected chi connectivity index (χ0v) is 16.6. The Bertz CT molecular complexity index is 1270. The van der Waals surface area contributed by atoms with E-state index >= 15 is 0 Å². The van der Waals surface area contributed by atoms with Crippen LogP contribution >= 0.6 is 0 Å². The Hall–Kier alpha value is -3.33. The average molecular weight is 390 g/mol. The Kier molecular flexibility index (Phi) is 4.06. The Balaban J connectivity index is 1.55. The number of pyridine rings is 1. The van der Waals surface area contributed by atoms with Crippen LogP contribution in [0.5, 0.6) is 0 Å². The minimum absolute atomic E-state index is 0.127. The molecular weight excluding hydrogens is 368 g/mol. The van der Waals surface area contributed by atoms with Crippen LogP contribution in [-0.2, 0) is 0 Å². The quantitative estimate of drug-likeness (QED) is 0.551. The molecular formula is C20H22N8O. The SMILES string of the molecule is Cc1nc2ncc(-c3cc(=O)n4cc(N5C[C@H](C)N[C@@H](C)C5)ccc4n3)cn2n1. The van der Waals surface area contributed by atoms with Crippen LogP contribution in [-0.4, -0.2) is 54.1 Å². The maximum Gasteiger partial charge on any atom is 0.258 e. The summed E-state index contributed by atoms with van der Waals surface area (Å²) in [6.45, 7) is 7.96. The molecule has 0 spiro atoms. The van der Waals surface area contributed by atoms with Crippen molar-refractivity contribution in [1.29, 1.82) is 0 Å². The summed E-state index contributed by atoms with van der Waals surface area (Å²) in [5.41, 5.74) is 2.78. The highest BCUT2D eigenvalue weighted by Crippen LogP contribution is 2.20. The molecule has 5 heterocycles. The van der Waals surface area contributed by atoms with Crippen molar-refractivity contribution in [1.82, 2.24) is 34.3 Å². The number of nitrogens with one attached hydrogen (secondary N) is 1. The fraction of sp³-hybridized carbons (Fsp3) is 0.350. The molecule has 0 saturated carbocycles. The van der Waals surface area contributed by atoms with Crippen LogP contribution < -0.4 is 15.8 Å². The fourth-order valence-corrected chi connectivity index (χ4v) is 3.98. The van der Waals surface area contributed by atoms with Gasteiger partial charge < -0.3 is 10.2 Å². The lowest BCUT2D eigenvalue weighted by Crippen LogP contribution is -2.54. The molecule has 0 radical (unpaired) electrons. The monoisotopic (exact) mass is 390 g/mol. The highest BCUT2D eigenvalue weighted by molar-refractivity contribution is 5.62. The summed E-state index contributed by atoms with van der Waals surface area (Å²) in [7, 11) is 0. The van der Waals surface area contributed by atoms with Crippen molar-refractivity contribution >= 4 is 17.1 Å². The molecule has 29 heavy (non-hydrogen) atoms. The summed E-state index contributed by atoms with van der Waals surface area (Å²) in [5, 5.41) is 7.81. The molecule has 0 aliphatic carbocycles. The van der Waals surface area contributed by atoms with Crippen LogP contribution in [0.3, 0.4) is 0 Å². The van der Waals surface area contributed by atoms with Gasteiger partial charge in [0.2, 0.25) is 0 Å². The fourth-order valence-electron chi connectivity index (χ4n) is 3.98. The molecule has 0 bridgehead atoms. The van der Waals surface area contributed by atoms with Gasteiger partial charge in [0.1, 0.15) is 11.5 Å². The maximum absolute atomic E-state index is 12.8. The summed E-state index contributed by atoms with van der Waals surface area (Å²) in [6, 6.07) is 6.25. The molecule has 1 aliphatic heterocycles. The summed E-state index contributed by atoms with van der Waals surface area (Å²) >= 11 is 0. The zero-order chi connectivity index (χ0) is 20.1. The molecule has 2 atom stereocenters. The largest absolute Gasteiger partial charge is 0.367 e. The van der Waals surface area contributed by atoms with Crippen molar-refractivity contribution in [2.24, 2.45) is 0 Å². The molecule has 0 amide bonds. The first-order chi connectivity index (χ1) is 14.0. The number of aromatic nitrogens is 6. The van der Waals surface area contributed by atoms with Gasteiger partial charge in [-0.25, -0.2) is 14.5 Å². The Morgan fingerprint density at radius 3 is 2.69 bits per heavy atom. The number of hydrogen-bond donors (Lipinski definition) is 1.